The van der Waals surface area contributed by atoms with Crippen LogP contribution >= 0.6 is 11.6 Å². The number of oxazole rings is 1. The van der Waals surface area contributed by atoms with Gasteiger partial charge in [0.1, 0.15) is 11.3 Å². The van der Waals surface area contributed by atoms with Crippen LogP contribution in [0.3, 0.4) is 0 Å². The largest absolute Gasteiger partial charge is 0.484 e. The number of rotatable bonds is 6. The van der Waals surface area contributed by atoms with Crippen LogP contribution in [0.15, 0.2) is 71.1 Å². The zero-order chi connectivity index (χ0) is 21.1. The second-order valence-electron chi connectivity index (χ2n) is 6.27. The van der Waals surface area contributed by atoms with E-state index in [-0.39, 0.29) is 29.7 Å². The van der Waals surface area contributed by atoms with E-state index in [9.17, 15) is 14.9 Å². The molecule has 9 heteroatoms. The molecule has 0 saturated heterocycles. The first-order chi connectivity index (χ1) is 14.5. The molecule has 1 heterocycles. The molecular formula is C21H14ClN3O5. The van der Waals surface area contributed by atoms with E-state index in [4.69, 9.17) is 20.8 Å². The Bertz CT molecular complexity index is 1250. The lowest BCUT2D eigenvalue weighted by Gasteiger charge is -2.10. The van der Waals surface area contributed by atoms with Gasteiger partial charge in [0.15, 0.2) is 12.2 Å². The van der Waals surface area contributed by atoms with Crippen molar-refractivity contribution in [3.05, 3.63) is 81.9 Å². The molecule has 8 nitrogen and oxygen atoms in total. The Morgan fingerprint density at radius 1 is 1.13 bits per heavy atom. The number of hydrogen-bond acceptors (Lipinski definition) is 6. The van der Waals surface area contributed by atoms with Gasteiger partial charge in [0.25, 0.3) is 11.6 Å². The van der Waals surface area contributed by atoms with Crippen LogP contribution in [0, 0.1) is 10.1 Å². The van der Waals surface area contributed by atoms with E-state index in [0.29, 0.717) is 27.5 Å². The smallest absolute Gasteiger partial charge is 0.273 e. The third kappa shape index (κ3) is 4.23. The predicted molar refractivity (Wildman–Crippen MR) is 112 cm³/mol. The van der Waals surface area contributed by atoms with Crippen molar-refractivity contribution in [2.45, 2.75) is 0 Å². The molecule has 0 aliphatic carbocycles. The Morgan fingerprint density at radius 3 is 2.77 bits per heavy atom. The molecule has 30 heavy (non-hydrogen) atoms. The predicted octanol–water partition coefficient (Wildman–Crippen LogP) is 5.07. The lowest BCUT2D eigenvalue weighted by molar-refractivity contribution is -0.384. The molecule has 3 aromatic carbocycles. The summed E-state index contributed by atoms with van der Waals surface area (Å²) in [5, 5.41) is 14.2. The lowest BCUT2D eigenvalue weighted by Crippen LogP contribution is -2.20. The summed E-state index contributed by atoms with van der Waals surface area (Å²) in [6, 6.07) is 17.9. The number of nitro benzene ring substituents is 1. The number of benzene rings is 3. The van der Waals surface area contributed by atoms with Crippen LogP contribution in [0.5, 0.6) is 5.75 Å². The van der Waals surface area contributed by atoms with Gasteiger partial charge in [-0.3, -0.25) is 14.9 Å². The van der Waals surface area contributed by atoms with E-state index >= 15 is 0 Å². The minimum Gasteiger partial charge on any atom is -0.484 e. The van der Waals surface area contributed by atoms with Crippen LogP contribution in [-0.4, -0.2) is 22.4 Å². The number of nitrogens with zero attached hydrogens (tertiary/aromatic N) is 2. The van der Waals surface area contributed by atoms with Crippen molar-refractivity contribution in [2.75, 3.05) is 11.9 Å². The van der Waals surface area contributed by atoms with Gasteiger partial charge in [0.05, 0.1) is 22.2 Å². The van der Waals surface area contributed by atoms with Crippen LogP contribution < -0.4 is 10.1 Å². The highest BCUT2D eigenvalue weighted by atomic mass is 35.5. The average molecular weight is 424 g/mol. The van der Waals surface area contributed by atoms with Gasteiger partial charge in [-0.05, 0) is 36.4 Å². The van der Waals surface area contributed by atoms with Crippen LogP contribution in [0.2, 0.25) is 5.02 Å². The minimum atomic E-state index is -0.504. The molecule has 150 valence electrons. The van der Waals surface area contributed by atoms with Gasteiger partial charge in [0.2, 0.25) is 5.89 Å². The molecule has 1 N–H and O–H groups in total. The molecule has 4 rings (SSSR count). The number of amides is 1. The Labute approximate surface area is 175 Å². The van der Waals surface area contributed by atoms with Crippen molar-refractivity contribution in [2.24, 2.45) is 0 Å². The number of ether oxygens (including phenoxy) is 1. The van der Waals surface area contributed by atoms with E-state index in [1.165, 1.54) is 18.2 Å². The zero-order valence-corrected chi connectivity index (χ0v) is 16.1. The number of aromatic nitrogens is 1. The van der Waals surface area contributed by atoms with Gasteiger partial charge in [0, 0.05) is 11.1 Å². The first kappa shape index (κ1) is 19.4. The van der Waals surface area contributed by atoms with Crippen molar-refractivity contribution >= 4 is 40.0 Å². The Balaban J connectivity index is 1.54. The summed E-state index contributed by atoms with van der Waals surface area (Å²) in [5.41, 5.74) is 1.67. The quantitative estimate of drug-likeness (QED) is 0.342. The monoisotopic (exact) mass is 423 g/mol. The van der Waals surface area contributed by atoms with E-state index < -0.39 is 4.92 Å². The molecule has 0 aliphatic heterocycles. The van der Waals surface area contributed by atoms with Gasteiger partial charge in [-0.1, -0.05) is 29.8 Å². The van der Waals surface area contributed by atoms with E-state index in [0.717, 1.165) is 0 Å². The molecule has 0 unspecified atom stereocenters. The standard InChI is InChI=1S/C21H14ClN3O5/c22-13-4-3-5-15(10-13)29-12-20(26)23-17-7-2-1-6-16(17)21-24-18-9-8-14(25(27)28)11-19(18)30-21/h1-11H,12H2,(H,23,26). The summed E-state index contributed by atoms with van der Waals surface area (Å²) in [6.07, 6.45) is 0. The van der Waals surface area contributed by atoms with E-state index in [1.807, 2.05) is 0 Å². The van der Waals surface area contributed by atoms with Crippen LogP contribution in [0.25, 0.3) is 22.6 Å². The van der Waals surface area contributed by atoms with Crippen molar-refractivity contribution in [3.63, 3.8) is 0 Å². The van der Waals surface area contributed by atoms with E-state index in [2.05, 4.69) is 10.3 Å². The molecule has 0 radical (unpaired) electrons. The first-order valence-corrected chi connectivity index (χ1v) is 9.20. The third-order valence-electron chi connectivity index (χ3n) is 4.18. The highest BCUT2D eigenvalue weighted by Crippen LogP contribution is 2.31. The Morgan fingerprint density at radius 2 is 1.97 bits per heavy atom. The average Bonchev–Trinajstić information content (AvgIpc) is 3.16. The molecule has 0 atom stereocenters. The molecule has 0 aliphatic rings. The van der Waals surface area contributed by atoms with Gasteiger partial charge in [-0.25, -0.2) is 4.98 Å². The third-order valence-corrected chi connectivity index (χ3v) is 4.42. The summed E-state index contributed by atoms with van der Waals surface area (Å²) in [5.74, 6) is 0.331. The first-order valence-electron chi connectivity index (χ1n) is 8.82. The Kier molecular flexibility index (Phi) is 5.32. The summed E-state index contributed by atoms with van der Waals surface area (Å²) < 4.78 is 11.1. The van der Waals surface area contributed by atoms with Crippen LogP contribution in [-0.2, 0) is 4.79 Å². The highest BCUT2D eigenvalue weighted by Gasteiger charge is 2.16. The summed E-state index contributed by atoms with van der Waals surface area (Å²) in [4.78, 5) is 27.2. The summed E-state index contributed by atoms with van der Waals surface area (Å²) >= 11 is 5.90. The number of hydrogen-bond donors (Lipinski definition) is 1. The fourth-order valence-corrected chi connectivity index (χ4v) is 2.99. The van der Waals surface area contributed by atoms with Crippen LogP contribution in [0.4, 0.5) is 11.4 Å². The maximum absolute atomic E-state index is 12.4. The molecule has 0 saturated carbocycles. The summed E-state index contributed by atoms with van der Waals surface area (Å²) in [7, 11) is 0. The molecule has 0 fully saturated rings. The molecule has 1 aromatic heterocycles. The number of para-hydroxylation sites is 1. The van der Waals surface area contributed by atoms with Crippen molar-refractivity contribution < 1.29 is 18.9 Å². The molecule has 1 amide bonds. The number of nitrogens with one attached hydrogen (secondary N) is 1. The second kappa shape index (κ2) is 8.22. The lowest BCUT2D eigenvalue weighted by atomic mass is 10.1. The minimum absolute atomic E-state index is 0.0926. The van der Waals surface area contributed by atoms with Crippen LogP contribution in [0.1, 0.15) is 0 Å². The number of non-ortho nitro benzene ring substituents is 1. The normalized spacial score (nSPS) is 10.7. The molecular weight excluding hydrogens is 410 g/mol. The maximum atomic E-state index is 12.4. The zero-order valence-electron chi connectivity index (χ0n) is 15.4. The fourth-order valence-electron chi connectivity index (χ4n) is 2.81. The fraction of sp³-hybridized carbons (Fsp3) is 0.0476. The second-order valence-corrected chi connectivity index (χ2v) is 6.70. The number of fused-ring (bicyclic) bond motifs is 1. The number of nitro groups is 1. The van der Waals surface area contributed by atoms with Gasteiger partial charge < -0.3 is 14.5 Å². The number of halogens is 1. The van der Waals surface area contributed by atoms with Gasteiger partial charge in [-0.2, -0.15) is 0 Å². The Hall–Kier alpha value is -3.91. The molecule has 0 bridgehead atoms. The van der Waals surface area contributed by atoms with Gasteiger partial charge in [-0.15, -0.1) is 0 Å². The topological polar surface area (TPSA) is 108 Å². The molecule has 4 aromatic rings. The summed E-state index contributed by atoms with van der Waals surface area (Å²) in [6.45, 7) is -0.214. The maximum Gasteiger partial charge on any atom is 0.273 e. The number of anilines is 1. The SMILES string of the molecule is O=C(COc1cccc(Cl)c1)Nc1ccccc1-c1nc2ccc([N+](=O)[O-])cc2o1. The highest BCUT2D eigenvalue weighted by molar-refractivity contribution is 6.30. The number of carbonyl (C=O) groups excluding carboxylic acids is 1. The molecule has 0 spiro atoms. The van der Waals surface area contributed by atoms with Crippen molar-refractivity contribution in [3.8, 4) is 17.2 Å². The van der Waals surface area contributed by atoms with Crippen molar-refractivity contribution in [1.29, 1.82) is 0 Å². The van der Waals surface area contributed by atoms with E-state index in [1.54, 1.807) is 48.5 Å². The van der Waals surface area contributed by atoms with Crippen molar-refractivity contribution in [1.82, 2.24) is 4.98 Å². The number of carbonyl (C=O) groups is 1. The van der Waals surface area contributed by atoms with Gasteiger partial charge >= 0.3 is 0 Å².